The first-order chi connectivity index (χ1) is 15.1. The number of carboxylic acids is 1. The van der Waals surface area contributed by atoms with E-state index in [0.29, 0.717) is 26.2 Å². The molecule has 5 heteroatoms. The van der Waals surface area contributed by atoms with Gasteiger partial charge in [0, 0.05) is 6.04 Å². The van der Waals surface area contributed by atoms with Crippen LogP contribution in [0, 0.1) is 0 Å². The number of nitrogens with zero attached hydrogens (tertiary/aromatic N) is 1. The Hall–Kier alpha value is -2.89. The molecule has 2 aromatic carbocycles. The molecule has 0 unspecified atom stereocenters. The molecule has 1 N–H and O–H groups in total. The Morgan fingerprint density at radius 2 is 1.81 bits per heavy atom. The summed E-state index contributed by atoms with van der Waals surface area (Å²) in [5.41, 5.74) is 3.43. The van der Waals surface area contributed by atoms with Crippen LogP contribution >= 0.6 is 0 Å². The van der Waals surface area contributed by atoms with E-state index < -0.39 is 5.97 Å². The maximum atomic E-state index is 11.2. The van der Waals surface area contributed by atoms with Gasteiger partial charge >= 0.3 is 5.97 Å². The molecule has 0 bridgehead atoms. The van der Waals surface area contributed by atoms with Crippen molar-refractivity contribution in [1.82, 2.24) is 4.90 Å². The van der Waals surface area contributed by atoms with E-state index in [-0.39, 0.29) is 12.6 Å². The molecule has 0 aromatic heterocycles. The monoisotopic (exact) mass is 421 g/mol. The predicted octanol–water partition coefficient (Wildman–Crippen LogP) is 4.49. The molecule has 1 aliphatic rings. The number of allylic oxidation sites excluding steroid dienone is 2. The molecule has 0 saturated heterocycles. The molecule has 0 amide bonds. The number of rotatable bonds is 12. The number of carboxylic acid groups (broad SMARTS) is 1. The van der Waals surface area contributed by atoms with Gasteiger partial charge in [0.25, 0.3) is 0 Å². The van der Waals surface area contributed by atoms with Crippen molar-refractivity contribution in [3.05, 3.63) is 89.5 Å². The van der Waals surface area contributed by atoms with E-state index in [2.05, 4.69) is 18.2 Å². The van der Waals surface area contributed by atoms with E-state index in [9.17, 15) is 9.90 Å². The van der Waals surface area contributed by atoms with Gasteiger partial charge in [0.15, 0.2) is 0 Å². The molecule has 0 saturated carbocycles. The Kier molecular flexibility index (Phi) is 8.88. The quantitative estimate of drug-likeness (QED) is 0.547. The summed E-state index contributed by atoms with van der Waals surface area (Å²) in [6, 6.07) is 18.0. The van der Waals surface area contributed by atoms with Crippen LogP contribution in [0.1, 0.15) is 24.0 Å². The molecule has 1 aliphatic carbocycles. The number of likely N-dealkylation sites (N-methyl/N-ethyl adjacent to an activating group) is 1. The van der Waals surface area contributed by atoms with Gasteiger partial charge in [0.1, 0.15) is 12.4 Å². The van der Waals surface area contributed by atoms with E-state index in [4.69, 9.17) is 9.47 Å². The molecule has 1 atom stereocenters. The molecule has 164 valence electrons. The molecule has 0 heterocycles. The first-order valence-electron chi connectivity index (χ1n) is 10.7. The minimum absolute atomic E-state index is 0.0190. The first-order valence-corrected chi connectivity index (χ1v) is 10.7. The zero-order valence-electron chi connectivity index (χ0n) is 18.1. The molecule has 0 radical (unpaired) electrons. The lowest BCUT2D eigenvalue weighted by atomic mass is 10.0. The number of aliphatic carboxylic acids is 1. The highest BCUT2D eigenvalue weighted by molar-refractivity contribution is 5.69. The standard InChI is InChI=1S/C26H31NO4/c1-27(17-26(28)29)24(20-30-18-22-8-4-2-5-9-22)16-21-12-14-25(15-13-21)31-19-23-10-6-3-7-11-23/h3-4,6-15,24H,2,5,16-20H2,1H3,(H,28,29)/t24-/m0/s1. The van der Waals surface area contributed by atoms with Crippen LogP contribution in [0.4, 0.5) is 0 Å². The minimum Gasteiger partial charge on any atom is -0.489 e. The zero-order chi connectivity index (χ0) is 21.9. The normalized spacial score (nSPS) is 14.3. The van der Waals surface area contributed by atoms with Gasteiger partial charge in [-0.15, -0.1) is 0 Å². The van der Waals surface area contributed by atoms with Crippen LogP contribution in [-0.4, -0.2) is 48.8 Å². The Bertz CT molecular complexity index is 874. The number of hydrogen-bond donors (Lipinski definition) is 1. The van der Waals surface area contributed by atoms with Crippen molar-refractivity contribution in [1.29, 1.82) is 0 Å². The summed E-state index contributed by atoms with van der Waals surface area (Å²) >= 11 is 0. The lowest BCUT2D eigenvalue weighted by molar-refractivity contribution is -0.138. The summed E-state index contributed by atoms with van der Waals surface area (Å²) < 4.78 is 11.8. The van der Waals surface area contributed by atoms with E-state index in [1.165, 1.54) is 5.57 Å². The van der Waals surface area contributed by atoms with Gasteiger partial charge in [0.05, 0.1) is 19.8 Å². The van der Waals surface area contributed by atoms with Crippen LogP contribution in [0.25, 0.3) is 0 Å². The molecule has 0 aliphatic heterocycles. The maximum Gasteiger partial charge on any atom is 0.317 e. The summed E-state index contributed by atoms with van der Waals surface area (Å²) in [6.07, 6.45) is 9.30. The largest absolute Gasteiger partial charge is 0.489 e. The second-order valence-corrected chi connectivity index (χ2v) is 7.86. The van der Waals surface area contributed by atoms with Gasteiger partial charge in [0.2, 0.25) is 0 Å². The highest BCUT2D eigenvalue weighted by Gasteiger charge is 2.18. The van der Waals surface area contributed by atoms with Gasteiger partial charge in [-0.05, 0) is 55.1 Å². The van der Waals surface area contributed by atoms with Crippen LogP contribution in [0.2, 0.25) is 0 Å². The van der Waals surface area contributed by atoms with Gasteiger partial charge in [-0.1, -0.05) is 60.7 Å². The van der Waals surface area contributed by atoms with Crippen molar-refractivity contribution in [2.24, 2.45) is 0 Å². The predicted molar refractivity (Wildman–Crippen MR) is 122 cm³/mol. The van der Waals surface area contributed by atoms with Crippen molar-refractivity contribution in [2.75, 3.05) is 26.8 Å². The topological polar surface area (TPSA) is 59.0 Å². The number of carbonyl (C=O) groups is 1. The maximum absolute atomic E-state index is 11.2. The molecular weight excluding hydrogens is 390 g/mol. The SMILES string of the molecule is CN(CC(=O)O)[C@H](COCC1=CCCC=C1)Cc1ccc(OCc2ccccc2)cc1. The number of hydrogen-bond acceptors (Lipinski definition) is 4. The van der Waals surface area contributed by atoms with Crippen LogP contribution in [0.15, 0.2) is 78.4 Å². The van der Waals surface area contributed by atoms with E-state index in [1.54, 1.807) is 0 Å². The summed E-state index contributed by atoms with van der Waals surface area (Å²) in [6.45, 7) is 1.54. The number of ether oxygens (including phenoxy) is 2. The fourth-order valence-corrected chi connectivity index (χ4v) is 3.51. The van der Waals surface area contributed by atoms with E-state index >= 15 is 0 Å². The van der Waals surface area contributed by atoms with Crippen LogP contribution in [0.3, 0.4) is 0 Å². The third kappa shape index (κ3) is 8.04. The van der Waals surface area contributed by atoms with Crippen molar-refractivity contribution < 1.29 is 19.4 Å². The molecule has 31 heavy (non-hydrogen) atoms. The molecule has 3 rings (SSSR count). The van der Waals surface area contributed by atoms with Crippen molar-refractivity contribution >= 4 is 5.97 Å². The summed E-state index contributed by atoms with van der Waals surface area (Å²) in [5.74, 6) is -0.0228. The summed E-state index contributed by atoms with van der Waals surface area (Å²) in [4.78, 5) is 13.0. The average Bonchev–Trinajstić information content (AvgIpc) is 2.79. The third-order valence-electron chi connectivity index (χ3n) is 5.30. The summed E-state index contributed by atoms with van der Waals surface area (Å²) in [5, 5.41) is 9.20. The fourth-order valence-electron chi connectivity index (χ4n) is 3.51. The van der Waals surface area contributed by atoms with Gasteiger partial charge in [-0.3, -0.25) is 9.69 Å². The van der Waals surface area contributed by atoms with Crippen molar-refractivity contribution in [3.63, 3.8) is 0 Å². The van der Waals surface area contributed by atoms with Gasteiger partial charge < -0.3 is 14.6 Å². The lowest BCUT2D eigenvalue weighted by Gasteiger charge is -2.27. The van der Waals surface area contributed by atoms with Gasteiger partial charge in [-0.2, -0.15) is 0 Å². The first kappa shape index (κ1) is 22.8. The average molecular weight is 422 g/mol. The zero-order valence-corrected chi connectivity index (χ0v) is 18.1. The second-order valence-electron chi connectivity index (χ2n) is 7.86. The summed E-state index contributed by atoms with van der Waals surface area (Å²) in [7, 11) is 1.83. The van der Waals surface area contributed by atoms with Crippen molar-refractivity contribution in [2.45, 2.75) is 31.9 Å². The van der Waals surface area contributed by atoms with Crippen LogP contribution in [0.5, 0.6) is 5.75 Å². The third-order valence-corrected chi connectivity index (χ3v) is 5.30. The fraction of sp³-hybridized carbons (Fsp3) is 0.346. The lowest BCUT2D eigenvalue weighted by Crippen LogP contribution is -2.40. The molecule has 5 nitrogen and oxygen atoms in total. The van der Waals surface area contributed by atoms with E-state index in [1.807, 2.05) is 66.5 Å². The molecule has 2 aromatic rings. The molecule has 0 fully saturated rings. The number of benzene rings is 2. The van der Waals surface area contributed by atoms with Crippen LogP contribution in [-0.2, 0) is 22.6 Å². The smallest absolute Gasteiger partial charge is 0.317 e. The Balaban J connectivity index is 1.55. The Morgan fingerprint density at radius 3 is 2.48 bits per heavy atom. The second kappa shape index (κ2) is 12.1. The molecular formula is C26H31NO4. The highest BCUT2D eigenvalue weighted by Crippen LogP contribution is 2.17. The Morgan fingerprint density at radius 1 is 1.03 bits per heavy atom. The minimum atomic E-state index is -0.838. The highest BCUT2D eigenvalue weighted by atomic mass is 16.5. The molecule has 0 spiro atoms. The van der Waals surface area contributed by atoms with Crippen LogP contribution < -0.4 is 4.74 Å². The van der Waals surface area contributed by atoms with Crippen molar-refractivity contribution in [3.8, 4) is 5.75 Å². The van der Waals surface area contributed by atoms with E-state index in [0.717, 1.165) is 29.7 Å². The van der Waals surface area contributed by atoms with Gasteiger partial charge in [-0.25, -0.2) is 0 Å². The Labute approximate surface area is 184 Å².